The Hall–Kier alpha value is -3.45. The van der Waals surface area contributed by atoms with Gasteiger partial charge in [0.2, 0.25) is 0 Å². The summed E-state index contributed by atoms with van der Waals surface area (Å²) in [6.07, 6.45) is 0. The highest BCUT2D eigenvalue weighted by Gasteiger charge is 2.13. The molecule has 0 atom stereocenters. The molecule has 158 valence electrons. The van der Waals surface area contributed by atoms with Crippen LogP contribution in [0.5, 0.6) is 11.5 Å². The van der Waals surface area contributed by atoms with Crippen LogP contribution in [0, 0.1) is 0 Å². The molecule has 31 heavy (non-hydrogen) atoms. The number of hydrogen-bond acceptors (Lipinski definition) is 6. The van der Waals surface area contributed by atoms with Crippen LogP contribution >= 0.6 is 11.8 Å². The molecule has 3 aromatic carbocycles. The van der Waals surface area contributed by atoms with E-state index in [1.54, 1.807) is 24.9 Å². The summed E-state index contributed by atoms with van der Waals surface area (Å²) in [6, 6.07) is 22.6. The van der Waals surface area contributed by atoms with Crippen LogP contribution in [0.3, 0.4) is 0 Å². The van der Waals surface area contributed by atoms with E-state index in [1.165, 1.54) is 0 Å². The number of rotatable bonds is 9. The fraction of sp³-hybridized carbons (Fsp3) is 0.167. The van der Waals surface area contributed by atoms with Crippen LogP contribution in [0.4, 0.5) is 0 Å². The summed E-state index contributed by atoms with van der Waals surface area (Å²) in [7, 11) is 1.61. The van der Waals surface area contributed by atoms with Crippen LogP contribution in [0.25, 0.3) is 11.0 Å². The molecule has 1 N–H and O–H groups in total. The molecule has 6 nitrogen and oxygen atoms in total. The van der Waals surface area contributed by atoms with Gasteiger partial charge in [0.25, 0.3) is 0 Å². The number of para-hydroxylation sites is 2. The molecule has 4 rings (SSSR count). The Kier molecular flexibility index (Phi) is 6.74. The molecule has 0 aliphatic rings. The lowest BCUT2D eigenvalue weighted by molar-refractivity contribution is 0.0449. The van der Waals surface area contributed by atoms with E-state index in [0.29, 0.717) is 17.1 Å². The minimum atomic E-state index is -0.362. The molecule has 4 aromatic rings. The first-order chi connectivity index (χ1) is 15.2. The zero-order valence-corrected chi connectivity index (χ0v) is 17.9. The molecule has 0 aliphatic heterocycles. The monoisotopic (exact) mass is 434 g/mol. The van der Waals surface area contributed by atoms with Gasteiger partial charge in [-0.3, -0.25) is 0 Å². The lowest BCUT2D eigenvalue weighted by Crippen LogP contribution is -2.13. The summed E-state index contributed by atoms with van der Waals surface area (Å²) in [5, 5.41) is 0.817. The second kappa shape index (κ2) is 10.0. The van der Waals surface area contributed by atoms with Crippen molar-refractivity contribution in [1.82, 2.24) is 9.97 Å². The summed E-state index contributed by atoms with van der Waals surface area (Å²) in [5.41, 5.74) is 3.37. The van der Waals surface area contributed by atoms with Gasteiger partial charge in [-0.05, 0) is 48.0 Å². The van der Waals surface area contributed by atoms with Crippen molar-refractivity contribution in [3.63, 3.8) is 0 Å². The number of thioether (sulfide) groups is 1. The number of hydrogen-bond donors (Lipinski definition) is 1. The van der Waals surface area contributed by atoms with E-state index in [4.69, 9.17) is 14.2 Å². The number of methoxy groups -OCH3 is 1. The topological polar surface area (TPSA) is 73.4 Å². The molecule has 0 fully saturated rings. The highest BCUT2D eigenvalue weighted by atomic mass is 32.2. The maximum atomic E-state index is 12.6. The molecule has 0 aliphatic carbocycles. The number of esters is 1. The average Bonchev–Trinajstić information content (AvgIpc) is 3.24. The molecule has 1 aromatic heterocycles. The normalized spacial score (nSPS) is 10.7. The van der Waals surface area contributed by atoms with Crippen molar-refractivity contribution < 1.29 is 19.0 Å². The van der Waals surface area contributed by atoms with E-state index in [1.807, 2.05) is 66.7 Å². The predicted molar refractivity (Wildman–Crippen MR) is 121 cm³/mol. The number of ether oxygens (including phenoxy) is 3. The number of carbonyl (C=O) groups excluding carboxylic acids is 1. The fourth-order valence-electron chi connectivity index (χ4n) is 3.03. The van der Waals surface area contributed by atoms with Crippen LogP contribution in [0.15, 0.2) is 78.0 Å². The number of benzene rings is 3. The van der Waals surface area contributed by atoms with Crippen molar-refractivity contribution in [2.45, 2.75) is 10.9 Å². The zero-order chi connectivity index (χ0) is 21.5. The van der Waals surface area contributed by atoms with Crippen molar-refractivity contribution >= 4 is 28.8 Å². The van der Waals surface area contributed by atoms with Gasteiger partial charge >= 0.3 is 5.97 Å². The molecular weight excluding hydrogens is 412 g/mol. The highest BCUT2D eigenvalue weighted by molar-refractivity contribution is 7.98. The van der Waals surface area contributed by atoms with Gasteiger partial charge < -0.3 is 19.2 Å². The molecule has 0 amide bonds. The largest absolute Gasteiger partial charge is 0.497 e. The number of nitrogens with zero attached hydrogens (tertiary/aromatic N) is 1. The molecule has 0 radical (unpaired) electrons. The number of aromatic amines is 1. The Bertz CT molecular complexity index is 1120. The van der Waals surface area contributed by atoms with Crippen LogP contribution in [-0.4, -0.2) is 36.3 Å². The lowest BCUT2D eigenvalue weighted by Gasteiger charge is -2.10. The maximum Gasteiger partial charge on any atom is 0.338 e. The van der Waals surface area contributed by atoms with Crippen LogP contribution in [0.2, 0.25) is 0 Å². The summed E-state index contributed by atoms with van der Waals surface area (Å²) in [6.45, 7) is 0.434. The van der Waals surface area contributed by atoms with Gasteiger partial charge in [-0.2, -0.15) is 0 Å². The van der Waals surface area contributed by atoms with E-state index in [9.17, 15) is 4.79 Å². The molecule has 7 heteroatoms. The number of nitrogens with one attached hydrogen (secondary N) is 1. The first-order valence-electron chi connectivity index (χ1n) is 9.82. The van der Waals surface area contributed by atoms with Crippen molar-refractivity contribution in [3.8, 4) is 11.5 Å². The van der Waals surface area contributed by atoms with E-state index >= 15 is 0 Å². The van der Waals surface area contributed by atoms with Crippen molar-refractivity contribution in [3.05, 3.63) is 83.9 Å². The van der Waals surface area contributed by atoms with E-state index in [0.717, 1.165) is 27.5 Å². The third-order valence-corrected chi connectivity index (χ3v) is 5.54. The average molecular weight is 435 g/mol. The zero-order valence-electron chi connectivity index (χ0n) is 17.0. The van der Waals surface area contributed by atoms with Gasteiger partial charge in [0.05, 0.1) is 23.7 Å². The summed E-state index contributed by atoms with van der Waals surface area (Å²) in [5.74, 6) is 1.70. The number of H-pyrrole nitrogens is 1. The van der Waals surface area contributed by atoms with E-state index < -0.39 is 0 Å². The first kappa shape index (κ1) is 20.8. The predicted octanol–water partition coefficient (Wildman–Crippen LogP) is 5.10. The SMILES string of the molecule is COc1ccc(OCCOC(=O)c2ccccc2CSc2nc3ccccc3[nH]2)cc1. The smallest absolute Gasteiger partial charge is 0.338 e. The van der Waals surface area contributed by atoms with Gasteiger partial charge in [0.1, 0.15) is 24.7 Å². The molecule has 0 unspecified atom stereocenters. The Balaban J connectivity index is 1.30. The fourth-order valence-corrected chi connectivity index (χ4v) is 3.92. The van der Waals surface area contributed by atoms with Crippen molar-refractivity contribution in [1.29, 1.82) is 0 Å². The second-order valence-corrected chi connectivity index (χ2v) is 7.63. The molecule has 0 spiro atoms. The maximum absolute atomic E-state index is 12.6. The molecule has 0 saturated carbocycles. The summed E-state index contributed by atoms with van der Waals surface area (Å²) in [4.78, 5) is 20.4. The molecule has 1 heterocycles. The van der Waals surface area contributed by atoms with Gasteiger partial charge in [0.15, 0.2) is 5.16 Å². The van der Waals surface area contributed by atoms with Crippen molar-refractivity contribution in [2.75, 3.05) is 20.3 Å². The van der Waals surface area contributed by atoms with Gasteiger partial charge in [-0.15, -0.1) is 0 Å². The van der Waals surface area contributed by atoms with Crippen LogP contribution < -0.4 is 9.47 Å². The summed E-state index contributed by atoms with van der Waals surface area (Å²) >= 11 is 1.55. The Morgan fingerprint density at radius 2 is 1.68 bits per heavy atom. The quantitative estimate of drug-likeness (QED) is 0.224. The molecule has 0 saturated heterocycles. The number of carbonyl (C=O) groups is 1. The standard InChI is InChI=1S/C24H22N2O4S/c1-28-18-10-12-19(13-11-18)29-14-15-30-23(27)20-7-3-2-6-17(20)16-31-24-25-21-8-4-5-9-22(21)26-24/h2-13H,14-16H2,1H3,(H,25,26). The van der Waals surface area contributed by atoms with Crippen LogP contribution in [0.1, 0.15) is 15.9 Å². The molecular formula is C24H22N2O4S. The van der Waals surface area contributed by atoms with E-state index in [-0.39, 0.29) is 19.2 Å². The van der Waals surface area contributed by atoms with Crippen molar-refractivity contribution in [2.24, 2.45) is 0 Å². The molecule has 0 bridgehead atoms. The highest BCUT2D eigenvalue weighted by Crippen LogP contribution is 2.25. The minimum Gasteiger partial charge on any atom is -0.497 e. The number of imidazole rings is 1. The van der Waals surface area contributed by atoms with Gasteiger partial charge in [0, 0.05) is 5.75 Å². The number of fused-ring (bicyclic) bond motifs is 1. The Labute approximate surface area is 184 Å². The first-order valence-corrected chi connectivity index (χ1v) is 10.8. The summed E-state index contributed by atoms with van der Waals surface area (Å²) < 4.78 is 16.1. The van der Waals surface area contributed by atoms with Gasteiger partial charge in [-0.25, -0.2) is 9.78 Å². The Morgan fingerprint density at radius 1 is 0.935 bits per heavy atom. The number of aromatic nitrogens is 2. The van der Waals surface area contributed by atoms with E-state index in [2.05, 4.69) is 9.97 Å². The third-order valence-electron chi connectivity index (χ3n) is 4.61. The van der Waals surface area contributed by atoms with Crippen LogP contribution in [-0.2, 0) is 10.5 Å². The third kappa shape index (κ3) is 5.38. The lowest BCUT2D eigenvalue weighted by atomic mass is 10.1. The minimum absolute atomic E-state index is 0.163. The Morgan fingerprint density at radius 3 is 2.48 bits per heavy atom. The van der Waals surface area contributed by atoms with Gasteiger partial charge in [-0.1, -0.05) is 42.1 Å². The second-order valence-electron chi connectivity index (χ2n) is 6.66.